The number of sulfonamides is 1. The Balaban J connectivity index is 1.69. The Morgan fingerprint density at radius 3 is 2.02 bits per heavy atom. The second-order valence-electron chi connectivity index (χ2n) is 11.6. The summed E-state index contributed by atoms with van der Waals surface area (Å²) < 4.78 is 45.6. The van der Waals surface area contributed by atoms with Crippen LogP contribution in [-0.2, 0) is 42.2 Å². The molecule has 0 bridgehead atoms. The Morgan fingerprint density at radius 2 is 1.36 bits per heavy atom. The molecule has 9 nitrogen and oxygen atoms in total. The van der Waals surface area contributed by atoms with Gasteiger partial charge in [0.05, 0.1) is 32.1 Å². The minimum atomic E-state index is -4.36. The fourth-order valence-electron chi connectivity index (χ4n) is 4.74. The van der Waals surface area contributed by atoms with Crippen LogP contribution in [-0.4, -0.2) is 39.7 Å². The molecule has 1 unspecified atom stereocenters. The number of nitrogens with one attached hydrogen (secondary N) is 2. The average molecular weight is 639 g/mol. The van der Waals surface area contributed by atoms with Crippen LogP contribution in [0.5, 0.6) is 0 Å². The first kappa shape index (κ1) is 35.7. The second-order valence-corrected chi connectivity index (χ2v) is 13.3. The van der Waals surface area contributed by atoms with Crippen molar-refractivity contribution >= 4 is 27.7 Å². The fraction of sp³-hybridized carbons (Fsp3) is 0.429. The van der Waals surface area contributed by atoms with Crippen molar-refractivity contribution in [3.8, 4) is 0 Å². The lowest BCUT2D eigenvalue weighted by Gasteiger charge is -2.33. The number of carbonyl (C=O) groups excluding carboxylic acids is 2. The average Bonchev–Trinajstić information content (AvgIpc) is 3.01. The first-order valence-electron chi connectivity index (χ1n) is 15.5. The van der Waals surface area contributed by atoms with Crippen LogP contribution >= 0.6 is 0 Å². The summed E-state index contributed by atoms with van der Waals surface area (Å²) in [5.74, 6) is -0.549. The number of amides is 2. The van der Waals surface area contributed by atoms with Gasteiger partial charge in [0.25, 0.3) is 15.9 Å². The van der Waals surface area contributed by atoms with E-state index in [-0.39, 0.29) is 30.4 Å². The standard InChI is InChI=1S/C35H46N2O7S/c1-4-5-6-7-8-17-24-43-34(39)37-45(40,41)31-23-16-15-22-30(31)36-33(38)32(44-26-29-20-13-10-14-21-29)35(2,3)27-42-25-28-18-11-9-12-19-28/h9-16,18-23,32H,4-8,17,24-27H2,1-3H3,(H,36,38)(H,37,39). The van der Waals surface area contributed by atoms with Crippen molar-refractivity contribution in [1.29, 1.82) is 0 Å². The van der Waals surface area contributed by atoms with Crippen molar-refractivity contribution in [3.63, 3.8) is 0 Å². The molecule has 45 heavy (non-hydrogen) atoms. The molecule has 0 spiro atoms. The third-order valence-electron chi connectivity index (χ3n) is 7.18. The molecule has 2 amide bonds. The number of carbonyl (C=O) groups is 2. The van der Waals surface area contributed by atoms with E-state index in [1.165, 1.54) is 18.2 Å². The molecule has 0 aliphatic rings. The Bertz CT molecular complexity index is 1430. The zero-order chi connectivity index (χ0) is 32.5. The lowest BCUT2D eigenvalue weighted by atomic mass is 9.86. The molecule has 10 heteroatoms. The third kappa shape index (κ3) is 12.3. The molecule has 0 aliphatic heterocycles. The van der Waals surface area contributed by atoms with Gasteiger partial charge in [-0.3, -0.25) is 4.79 Å². The highest BCUT2D eigenvalue weighted by atomic mass is 32.2. The first-order chi connectivity index (χ1) is 21.6. The molecule has 0 aliphatic carbocycles. The van der Waals surface area contributed by atoms with Gasteiger partial charge in [-0.25, -0.2) is 17.9 Å². The summed E-state index contributed by atoms with van der Waals surface area (Å²) in [6.45, 7) is 6.69. The monoisotopic (exact) mass is 638 g/mol. The van der Waals surface area contributed by atoms with E-state index in [1.807, 2.05) is 79.2 Å². The lowest BCUT2D eigenvalue weighted by molar-refractivity contribution is -0.141. The maximum Gasteiger partial charge on any atom is 0.421 e. The maximum atomic E-state index is 13.8. The maximum absolute atomic E-state index is 13.8. The molecule has 0 saturated carbocycles. The number of anilines is 1. The van der Waals surface area contributed by atoms with E-state index in [1.54, 1.807) is 6.07 Å². The molecule has 0 aromatic heterocycles. The second kappa shape index (κ2) is 18.3. The zero-order valence-electron chi connectivity index (χ0n) is 26.5. The topological polar surface area (TPSA) is 120 Å². The van der Waals surface area contributed by atoms with Gasteiger partial charge in [0.2, 0.25) is 0 Å². The molecule has 1 atom stereocenters. The van der Waals surface area contributed by atoms with E-state index in [9.17, 15) is 18.0 Å². The van der Waals surface area contributed by atoms with Crippen LogP contribution in [0.15, 0.2) is 89.8 Å². The first-order valence-corrected chi connectivity index (χ1v) is 17.0. The van der Waals surface area contributed by atoms with Gasteiger partial charge < -0.3 is 19.5 Å². The Labute approximate surface area is 267 Å². The van der Waals surface area contributed by atoms with E-state index in [4.69, 9.17) is 14.2 Å². The molecular weight excluding hydrogens is 592 g/mol. The Kier molecular flexibility index (Phi) is 14.5. The van der Waals surface area contributed by atoms with Crippen molar-refractivity contribution in [3.05, 3.63) is 96.1 Å². The molecule has 0 heterocycles. The lowest BCUT2D eigenvalue weighted by Crippen LogP contribution is -2.45. The molecule has 244 valence electrons. The summed E-state index contributed by atoms with van der Waals surface area (Å²) in [6, 6.07) is 25.0. The number of hydrogen-bond donors (Lipinski definition) is 2. The Hall–Kier alpha value is -3.73. The minimum Gasteiger partial charge on any atom is -0.449 e. The van der Waals surface area contributed by atoms with Crippen LogP contribution in [0, 0.1) is 5.41 Å². The molecule has 3 rings (SSSR count). The number of hydrogen-bond acceptors (Lipinski definition) is 7. The van der Waals surface area contributed by atoms with Crippen LogP contribution in [0.1, 0.15) is 70.4 Å². The van der Waals surface area contributed by atoms with E-state index >= 15 is 0 Å². The van der Waals surface area contributed by atoms with Crippen LogP contribution in [0.4, 0.5) is 10.5 Å². The van der Waals surface area contributed by atoms with Gasteiger partial charge in [0.1, 0.15) is 11.0 Å². The molecule has 3 aromatic rings. The smallest absolute Gasteiger partial charge is 0.421 e. The predicted octanol–water partition coefficient (Wildman–Crippen LogP) is 7.23. The molecule has 2 N–H and O–H groups in total. The van der Waals surface area contributed by atoms with Crippen LogP contribution in [0.3, 0.4) is 0 Å². The largest absolute Gasteiger partial charge is 0.449 e. The number of benzene rings is 3. The van der Waals surface area contributed by atoms with Crippen LogP contribution in [0.25, 0.3) is 0 Å². The molecule has 0 radical (unpaired) electrons. The number of ether oxygens (including phenoxy) is 3. The van der Waals surface area contributed by atoms with Gasteiger partial charge in [0.15, 0.2) is 0 Å². The quantitative estimate of drug-likeness (QED) is 0.133. The van der Waals surface area contributed by atoms with Crippen molar-refractivity contribution in [2.45, 2.75) is 83.5 Å². The van der Waals surface area contributed by atoms with Crippen molar-refractivity contribution < 1.29 is 32.2 Å². The van der Waals surface area contributed by atoms with Crippen molar-refractivity contribution in [2.75, 3.05) is 18.5 Å². The van der Waals surface area contributed by atoms with E-state index in [0.717, 1.165) is 43.2 Å². The van der Waals surface area contributed by atoms with Gasteiger partial charge in [-0.1, -0.05) is 126 Å². The van der Waals surface area contributed by atoms with Crippen LogP contribution < -0.4 is 10.0 Å². The number of unbranched alkanes of at least 4 members (excludes halogenated alkanes) is 5. The van der Waals surface area contributed by atoms with E-state index < -0.39 is 33.5 Å². The van der Waals surface area contributed by atoms with Crippen molar-refractivity contribution in [2.24, 2.45) is 5.41 Å². The summed E-state index contributed by atoms with van der Waals surface area (Å²) in [5.41, 5.74) is 1.08. The molecular formula is C35H46N2O7S. The summed E-state index contributed by atoms with van der Waals surface area (Å²) in [5, 5.41) is 2.73. The molecule has 0 saturated heterocycles. The van der Waals surface area contributed by atoms with Gasteiger partial charge in [-0.05, 0) is 29.7 Å². The highest BCUT2D eigenvalue weighted by Crippen LogP contribution is 2.29. The zero-order valence-corrected chi connectivity index (χ0v) is 27.3. The summed E-state index contributed by atoms with van der Waals surface area (Å²) >= 11 is 0. The summed E-state index contributed by atoms with van der Waals surface area (Å²) in [7, 11) is -4.36. The Morgan fingerprint density at radius 1 is 0.778 bits per heavy atom. The predicted molar refractivity (Wildman–Crippen MR) is 175 cm³/mol. The number of para-hydroxylation sites is 1. The highest BCUT2D eigenvalue weighted by Gasteiger charge is 2.37. The van der Waals surface area contributed by atoms with E-state index in [0.29, 0.717) is 13.0 Å². The molecule has 3 aromatic carbocycles. The highest BCUT2D eigenvalue weighted by molar-refractivity contribution is 7.90. The summed E-state index contributed by atoms with van der Waals surface area (Å²) in [4.78, 5) is 25.8. The minimum absolute atomic E-state index is 0.00744. The van der Waals surface area contributed by atoms with Gasteiger partial charge in [0, 0.05) is 5.41 Å². The van der Waals surface area contributed by atoms with E-state index in [2.05, 4.69) is 12.2 Å². The van der Waals surface area contributed by atoms with Gasteiger partial charge in [-0.15, -0.1) is 0 Å². The SMILES string of the molecule is CCCCCCCCOC(=O)NS(=O)(=O)c1ccccc1NC(=O)C(OCc1ccccc1)C(C)(C)COCc1ccccc1. The summed E-state index contributed by atoms with van der Waals surface area (Å²) in [6.07, 6.45) is 3.93. The number of rotatable bonds is 19. The molecule has 0 fully saturated rings. The van der Waals surface area contributed by atoms with Crippen molar-refractivity contribution in [1.82, 2.24) is 4.72 Å². The van der Waals surface area contributed by atoms with Crippen LogP contribution in [0.2, 0.25) is 0 Å². The third-order valence-corrected chi connectivity index (χ3v) is 8.55. The van der Waals surface area contributed by atoms with Gasteiger partial charge in [-0.2, -0.15) is 0 Å². The fourth-order valence-corrected chi connectivity index (χ4v) is 5.79. The normalized spacial score (nSPS) is 12.3. The van der Waals surface area contributed by atoms with Gasteiger partial charge >= 0.3 is 6.09 Å².